The van der Waals surface area contributed by atoms with Crippen molar-refractivity contribution >= 4 is 33.4 Å². The summed E-state index contributed by atoms with van der Waals surface area (Å²) < 4.78 is 1.26. The van der Waals surface area contributed by atoms with Gasteiger partial charge in [-0.3, -0.25) is 0 Å². The van der Waals surface area contributed by atoms with Crippen LogP contribution in [0.4, 0.5) is 0 Å². The first kappa shape index (κ1) is 13.6. The molecule has 0 aliphatic rings. The van der Waals surface area contributed by atoms with Gasteiger partial charge in [0.05, 0.1) is 6.04 Å². The van der Waals surface area contributed by atoms with Crippen molar-refractivity contribution in [1.29, 1.82) is 0 Å². The molecule has 0 aliphatic heterocycles. The first-order valence-corrected chi connectivity index (χ1v) is 7.74. The van der Waals surface area contributed by atoms with Gasteiger partial charge in [0.25, 0.3) is 0 Å². The summed E-state index contributed by atoms with van der Waals surface area (Å²) in [6.45, 7) is 2.13. The lowest BCUT2D eigenvalue weighted by Gasteiger charge is -2.17. The van der Waals surface area contributed by atoms with Crippen molar-refractivity contribution < 1.29 is 0 Å². The third kappa shape index (κ3) is 2.34. The quantitative estimate of drug-likeness (QED) is 0.642. The Bertz CT molecular complexity index is 759. The highest BCUT2D eigenvalue weighted by atomic mass is 127. The Morgan fingerprint density at radius 3 is 2.35 bits per heavy atom. The van der Waals surface area contributed by atoms with Crippen LogP contribution in [0, 0.1) is 10.5 Å². The molecule has 0 aromatic heterocycles. The van der Waals surface area contributed by atoms with Gasteiger partial charge >= 0.3 is 0 Å². The molecule has 0 bridgehead atoms. The van der Waals surface area contributed by atoms with Crippen molar-refractivity contribution in [3.05, 3.63) is 80.9 Å². The zero-order valence-electron chi connectivity index (χ0n) is 11.3. The number of hydrogen-bond donors (Lipinski definition) is 1. The molecule has 0 amide bonds. The lowest BCUT2D eigenvalue weighted by Crippen LogP contribution is -2.14. The van der Waals surface area contributed by atoms with Crippen LogP contribution in [-0.4, -0.2) is 0 Å². The molecule has 0 saturated carbocycles. The van der Waals surface area contributed by atoms with Crippen LogP contribution in [0.2, 0.25) is 0 Å². The van der Waals surface area contributed by atoms with E-state index in [1.54, 1.807) is 0 Å². The summed E-state index contributed by atoms with van der Waals surface area (Å²) in [6.07, 6.45) is 0. The summed E-state index contributed by atoms with van der Waals surface area (Å²) in [5.41, 5.74) is 10.2. The van der Waals surface area contributed by atoms with Gasteiger partial charge in [0, 0.05) is 3.57 Å². The molecule has 3 rings (SSSR count). The van der Waals surface area contributed by atoms with E-state index >= 15 is 0 Å². The summed E-state index contributed by atoms with van der Waals surface area (Å²) in [7, 11) is 0. The zero-order valence-corrected chi connectivity index (χ0v) is 13.5. The molecule has 3 aromatic rings. The third-order valence-corrected chi connectivity index (χ3v) is 5.19. The van der Waals surface area contributed by atoms with Gasteiger partial charge in [-0.15, -0.1) is 0 Å². The average Bonchev–Trinajstić information content (AvgIpc) is 2.49. The van der Waals surface area contributed by atoms with E-state index in [0.29, 0.717) is 0 Å². The van der Waals surface area contributed by atoms with Gasteiger partial charge in [0.15, 0.2) is 0 Å². The fraction of sp³-hybridized carbons (Fsp3) is 0.111. The zero-order chi connectivity index (χ0) is 14.1. The number of halogens is 1. The highest BCUT2D eigenvalue weighted by molar-refractivity contribution is 14.1. The fourth-order valence-corrected chi connectivity index (χ4v) is 3.29. The summed E-state index contributed by atoms with van der Waals surface area (Å²) in [4.78, 5) is 0. The van der Waals surface area contributed by atoms with Gasteiger partial charge in [-0.2, -0.15) is 0 Å². The van der Waals surface area contributed by atoms with Gasteiger partial charge in [0.1, 0.15) is 0 Å². The van der Waals surface area contributed by atoms with E-state index in [-0.39, 0.29) is 6.04 Å². The number of benzene rings is 3. The molecular formula is C18H16IN. The normalized spacial score (nSPS) is 12.6. The first-order valence-electron chi connectivity index (χ1n) is 6.67. The number of nitrogens with two attached hydrogens (primary N) is 1. The van der Waals surface area contributed by atoms with E-state index in [2.05, 4.69) is 90.2 Å². The number of rotatable bonds is 2. The molecular weight excluding hydrogens is 357 g/mol. The molecule has 1 atom stereocenters. The Morgan fingerprint density at radius 2 is 1.50 bits per heavy atom. The van der Waals surface area contributed by atoms with Crippen molar-refractivity contribution in [2.75, 3.05) is 0 Å². The summed E-state index contributed by atoms with van der Waals surface area (Å²) in [5.74, 6) is 0. The van der Waals surface area contributed by atoms with Crippen LogP contribution >= 0.6 is 22.6 Å². The second-order valence-electron chi connectivity index (χ2n) is 5.02. The van der Waals surface area contributed by atoms with Gasteiger partial charge < -0.3 is 5.73 Å². The smallest absolute Gasteiger partial charge is 0.0568 e. The van der Waals surface area contributed by atoms with Crippen LogP contribution < -0.4 is 5.73 Å². The van der Waals surface area contributed by atoms with E-state index in [1.165, 1.54) is 31.0 Å². The van der Waals surface area contributed by atoms with Crippen LogP contribution in [-0.2, 0) is 0 Å². The number of hydrogen-bond acceptors (Lipinski definition) is 1. The van der Waals surface area contributed by atoms with Gasteiger partial charge in [-0.1, -0.05) is 60.7 Å². The van der Waals surface area contributed by atoms with Crippen LogP contribution in [0.3, 0.4) is 0 Å². The van der Waals surface area contributed by atoms with Crippen molar-refractivity contribution in [2.24, 2.45) is 5.73 Å². The molecule has 2 heteroatoms. The minimum atomic E-state index is -0.0899. The summed E-state index contributed by atoms with van der Waals surface area (Å²) in [5, 5.41) is 2.47. The third-order valence-electron chi connectivity index (χ3n) is 3.72. The molecule has 0 fully saturated rings. The molecule has 0 heterocycles. The SMILES string of the molecule is Cc1cccc(C(N)c2cccc3ccccc23)c1I. The Morgan fingerprint density at radius 1 is 0.850 bits per heavy atom. The van der Waals surface area contributed by atoms with Crippen LogP contribution in [0.5, 0.6) is 0 Å². The van der Waals surface area contributed by atoms with Gasteiger partial charge in [-0.05, 0) is 57.0 Å². The molecule has 20 heavy (non-hydrogen) atoms. The highest BCUT2D eigenvalue weighted by Gasteiger charge is 2.15. The molecule has 3 aromatic carbocycles. The minimum Gasteiger partial charge on any atom is -0.320 e. The Hall–Kier alpha value is -1.39. The molecule has 0 aliphatic carbocycles. The molecule has 1 unspecified atom stereocenters. The van der Waals surface area contributed by atoms with Crippen molar-refractivity contribution in [3.63, 3.8) is 0 Å². The Balaban J connectivity index is 2.18. The van der Waals surface area contributed by atoms with Gasteiger partial charge in [0.2, 0.25) is 0 Å². The monoisotopic (exact) mass is 373 g/mol. The van der Waals surface area contributed by atoms with E-state index in [1.807, 2.05) is 0 Å². The maximum absolute atomic E-state index is 6.55. The lowest BCUT2D eigenvalue weighted by molar-refractivity contribution is 0.872. The maximum atomic E-state index is 6.55. The summed E-state index contributed by atoms with van der Waals surface area (Å²) in [6, 6.07) is 21.0. The fourth-order valence-electron chi connectivity index (χ4n) is 2.60. The van der Waals surface area contributed by atoms with E-state index in [4.69, 9.17) is 5.73 Å². The second kappa shape index (κ2) is 5.54. The molecule has 1 nitrogen and oxygen atoms in total. The largest absolute Gasteiger partial charge is 0.320 e. The van der Waals surface area contributed by atoms with Crippen molar-refractivity contribution in [3.8, 4) is 0 Å². The van der Waals surface area contributed by atoms with Crippen LogP contribution in [0.1, 0.15) is 22.7 Å². The average molecular weight is 373 g/mol. The van der Waals surface area contributed by atoms with E-state index in [0.717, 1.165) is 0 Å². The highest BCUT2D eigenvalue weighted by Crippen LogP contribution is 2.30. The Labute approximate surface area is 133 Å². The molecule has 0 spiro atoms. The van der Waals surface area contributed by atoms with Crippen LogP contribution in [0.25, 0.3) is 10.8 Å². The minimum absolute atomic E-state index is 0.0899. The lowest BCUT2D eigenvalue weighted by atomic mass is 9.94. The molecule has 2 N–H and O–H groups in total. The molecule has 100 valence electrons. The van der Waals surface area contributed by atoms with Crippen LogP contribution in [0.15, 0.2) is 60.7 Å². The predicted molar refractivity (Wildman–Crippen MR) is 93.9 cm³/mol. The first-order chi connectivity index (χ1) is 9.68. The van der Waals surface area contributed by atoms with E-state index < -0.39 is 0 Å². The van der Waals surface area contributed by atoms with Gasteiger partial charge in [-0.25, -0.2) is 0 Å². The molecule has 0 radical (unpaired) electrons. The predicted octanol–water partition coefficient (Wildman–Crippen LogP) is 4.80. The van der Waals surface area contributed by atoms with Crippen molar-refractivity contribution in [1.82, 2.24) is 0 Å². The standard InChI is InChI=1S/C18H16IN/c1-12-6-4-11-16(17(12)19)18(20)15-10-5-8-13-7-2-3-9-14(13)15/h2-11,18H,20H2,1H3. The maximum Gasteiger partial charge on any atom is 0.0568 e. The van der Waals surface area contributed by atoms with Crippen molar-refractivity contribution in [2.45, 2.75) is 13.0 Å². The number of aryl methyl sites for hydroxylation is 1. The molecule has 0 saturated heterocycles. The van der Waals surface area contributed by atoms with E-state index in [9.17, 15) is 0 Å². The topological polar surface area (TPSA) is 26.0 Å². The Kier molecular flexibility index (Phi) is 3.76. The summed E-state index contributed by atoms with van der Waals surface area (Å²) >= 11 is 2.39. The number of fused-ring (bicyclic) bond motifs is 1. The second-order valence-corrected chi connectivity index (χ2v) is 6.10.